The van der Waals surface area contributed by atoms with Crippen molar-refractivity contribution in [1.29, 1.82) is 0 Å². The van der Waals surface area contributed by atoms with Crippen LogP contribution in [0.5, 0.6) is 0 Å². The summed E-state index contributed by atoms with van der Waals surface area (Å²) in [4.78, 5) is 0. The number of rotatable bonds is 4. The molecule has 0 radical (unpaired) electrons. The van der Waals surface area contributed by atoms with Gasteiger partial charge in [0.25, 0.3) is 0 Å². The summed E-state index contributed by atoms with van der Waals surface area (Å²) in [6, 6.07) is 7.30. The first-order chi connectivity index (χ1) is 6.87. The molecule has 0 amide bonds. The zero-order chi connectivity index (χ0) is 11.5. The van der Waals surface area contributed by atoms with Crippen LogP contribution in [0.15, 0.2) is 24.3 Å². The van der Waals surface area contributed by atoms with E-state index >= 15 is 0 Å². The van der Waals surface area contributed by atoms with Crippen LogP contribution < -0.4 is 0 Å². The zero-order valence-corrected chi connectivity index (χ0v) is 9.85. The third-order valence-corrected chi connectivity index (χ3v) is 3.06. The lowest BCUT2D eigenvalue weighted by Gasteiger charge is -2.06. The van der Waals surface area contributed by atoms with Gasteiger partial charge in [0.2, 0.25) is 9.05 Å². The second-order valence-electron chi connectivity index (χ2n) is 3.50. The van der Waals surface area contributed by atoms with Crippen LogP contribution in [-0.4, -0.2) is 20.3 Å². The summed E-state index contributed by atoms with van der Waals surface area (Å²) in [5.41, 5.74) is 1.80. The monoisotopic (exact) mass is 250 g/mol. The Kier molecular flexibility index (Phi) is 4.11. The molecule has 0 bridgehead atoms. The molecule has 0 saturated heterocycles. The van der Waals surface area contributed by atoms with Crippen LogP contribution in [0.2, 0.25) is 0 Å². The van der Waals surface area contributed by atoms with Gasteiger partial charge in [-0.15, -0.1) is 0 Å². The highest BCUT2D eigenvalue weighted by Crippen LogP contribution is 2.11. The van der Waals surface area contributed by atoms with Crippen molar-refractivity contribution in [3.8, 4) is 0 Å². The Bertz CT molecular complexity index is 431. The van der Waals surface area contributed by atoms with E-state index in [1.807, 2.05) is 25.1 Å². The van der Waals surface area contributed by atoms with Crippen molar-refractivity contribution in [2.24, 2.45) is 0 Å². The highest BCUT2D eigenvalue weighted by atomic mass is 35.7. The quantitative estimate of drug-likeness (QED) is 0.770. The van der Waals surface area contributed by atoms with Gasteiger partial charge in [-0.2, -0.15) is 0 Å². The highest BCUT2D eigenvalue weighted by Gasteiger charge is 2.16. The number of aryl methyl sites for hydroxylation is 1. The Morgan fingerprint density at radius 1 is 1.47 bits per heavy atom. The Hall–Kier alpha value is -0.610. The minimum absolute atomic E-state index is 0.0770. The third-order valence-electron chi connectivity index (χ3n) is 1.92. The summed E-state index contributed by atoms with van der Waals surface area (Å²) in [7, 11) is 1.20. The van der Waals surface area contributed by atoms with Crippen LogP contribution >= 0.6 is 10.7 Å². The first kappa shape index (κ1) is 12.5. The van der Waals surface area contributed by atoms with Gasteiger partial charge in [0.05, 0.1) is 5.75 Å². The molecule has 1 aromatic rings. The lowest BCUT2D eigenvalue weighted by molar-refractivity contribution is 0.362. The Labute approximate surface area is 93.5 Å². The van der Waals surface area contributed by atoms with E-state index in [1.54, 1.807) is 6.07 Å². The van der Waals surface area contributed by atoms with Crippen molar-refractivity contribution in [1.82, 2.24) is 0 Å². The minimum Gasteiger partial charge on any atom is -0.246 e. The van der Waals surface area contributed by atoms with Gasteiger partial charge < -0.3 is 0 Å². The van der Waals surface area contributed by atoms with E-state index in [-0.39, 0.29) is 6.42 Å². The van der Waals surface area contributed by atoms with Gasteiger partial charge in [-0.1, -0.05) is 29.8 Å². The van der Waals surface area contributed by atoms with Crippen LogP contribution in [0.3, 0.4) is 0 Å². The van der Waals surface area contributed by atoms with Crippen LogP contribution in [0.25, 0.3) is 0 Å². The molecular weight excluding hydrogens is 239 g/mol. The first-order valence-electron chi connectivity index (χ1n) is 4.49. The maximum atomic E-state index is 13.3. The van der Waals surface area contributed by atoms with E-state index in [4.69, 9.17) is 10.7 Å². The number of benzene rings is 1. The van der Waals surface area contributed by atoms with Gasteiger partial charge in [0.1, 0.15) is 6.17 Å². The van der Waals surface area contributed by atoms with Gasteiger partial charge in [-0.05, 0) is 12.5 Å². The fourth-order valence-electron chi connectivity index (χ4n) is 1.37. The van der Waals surface area contributed by atoms with Crippen molar-refractivity contribution in [3.63, 3.8) is 0 Å². The Balaban J connectivity index is 2.63. The predicted octanol–water partition coefficient (Wildman–Crippen LogP) is 2.44. The molecule has 0 aliphatic rings. The van der Waals surface area contributed by atoms with E-state index in [0.717, 1.165) is 11.1 Å². The maximum Gasteiger partial charge on any atom is 0.235 e. The van der Waals surface area contributed by atoms with Gasteiger partial charge in [0.15, 0.2) is 0 Å². The maximum absolute atomic E-state index is 13.3. The summed E-state index contributed by atoms with van der Waals surface area (Å²) in [6.45, 7) is 1.90. The summed E-state index contributed by atoms with van der Waals surface area (Å²) in [5.74, 6) is -0.636. The molecule has 0 N–H and O–H groups in total. The third kappa shape index (κ3) is 5.14. The van der Waals surface area contributed by atoms with E-state index in [1.165, 1.54) is 0 Å². The van der Waals surface area contributed by atoms with Crippen molar-refractivity contribution < 1.29 is 12.8 Å². The van der Waals surface area contributed by atoms with E-state index < -0.39 is 21.0 Å². The standard InChI is InChI=1S/C10H12ClFO2S/c1-8-3-2-4-9(5-8)6-10(12)7-15(11,13)14/h2-5,10H,6-7H2,1H3. The number of alkyl halides is 1. The van der Waals surface area contributed by atoms with E-state index in [2.05, 4.69) is 0 Å². The fraction of sp³-hybridized carbons (Fsp3) is 0.400. The molecule has 1 rings (SSSR count). The molecule has 15 heavy (non-hydrogen) atoms. The van der Waals surface area contributed by atoms with E-state index in [0.29, 0.717) is 0 Å². The van der Waals surface area contributed by atoms with E-state index in [9.17, 15) is 12.8 Å². The molecule has 1 atom stereocenters. The van der Waals surface area contributed by atoms with Gasteiger partial charge in [-0.3, -0.25) is 0 Å². The van der Waals surface area contributed by atoms with Crippen LogP contribution in [-0.2, 0) is 15.5 Å². The molecule has 0 fully saturated rings. The molecule has 84 valence electrons. The molecule has 1 aromatic carbocycles. The molecule has 0 heterocycles. The molecular formula is C10H12ClFO2S. The smallest absolute Gasteiger partial charge is 0.235 e. The number of hydrogen-bond donors (Lipinski definition) is 0. The fourth-order valence-corrected chi connectivity index (χ4v) is 2.33. The number of halogens is 2. The average Bonchev–Trinajstić information content (AvgIpc) is 1.99. The minimum atomic E-state index is -3.76. The normalized spacial score (nSPS) is 13.8. The molecule has 5 heteroatoms. The van der Waals surface area contributed by atoms with Gasteiger partial charge in [-0.25, -0.2) is 12.8 Å². The predicted molar refractivity (Wildman–Crippen MR) is 59.4 cm³/mol. The highest BCUT2D eigenvalue weighted by molar-refractivity contribution is 8.13. The molecule has 0 aliphatic heterocycles. The second kappa shape index (κ2) is 4.94. The number of hydrogen-bond acceptors (Lipinski definition) is 2. The van der Waals surface area contributed by atoms with Crippen molar-refractivity contribution >= 4 is 19.7 Å². The van der Waals surface area contributed by atoms with Crippen molar-refractivity contribution in [2.75, 3.05) is 5.75 Å². The molecule has 0 aromatic heterocycles. The SMILES string of the molecule is Cc1cccc(CC(F)CS(=O)(=O)Cl)c1. The van der Waals surface area contributed by atoms with Gasteiger partial charge >= 0.3 is 0 Å². The van der Waals surface area contributed by atoms with Crippen molar-refractivity contribution in [2.45, 2.75) is 19.5 Å². The molecule has 1 unspecified atom stereocenters. The van der Waals surface area contributed by atoms with Crippen LogP contribution in [0.4, 0.5) is 4.39 Å². The van der Waals surface area contributed by atoms with Crippen LogP contribution in [0.1, 0.15) is 11.1 Å². The summed E-state index contributed by atoms with van der Waals surface area (Å²) < 4.78 is 34.5. The lowest BCUT2D eigenvalue weighted by atomic mass is 10.1. The second-order valence-corrected chi connectivity index (χ2v) is 6.32. The summed E-state index contributed by atoms with van der Waals surface area (Å²) in [5, 5.41) is 0. The average molecular weight is 251 g/mol. The molecule has 0 spiro atoms. The van der Waals surface area contributed by atoms with Gasteiger partial charge in [0, 0.05) is 17.1 Å². The largest absolute Gasteiger partial charge is 0.246 e. The van der Waals surface area contributed by atoms with Crippen molar-refractivity contribution in [3.05, 3.63) is 35.4 Å². The molecule has 0 saturated carbocycles. The Morgan fingerprint density at radius 3 is 2.67 bits per heavy atom. The molecule has 0 aliphatic carbocycles. The first-order valence-corrected chi connectivity index (χ1v) is 6.96. The summed E-state index contributed by atoms with van der Waals surface area (Å²) in [6.07, 6.45) is -1.37. The summed E-state index contributed by atoms with van der Waals surface area (Å²) >= 11 is 0. The van der Waals surface area contributed by atoms with Crippen LogP contribution in [0, 0.1) is 6.92 Å². The topological polar surface area (TPSA) is 34.1 Å². The zero-order valence-electron chi connectivity index (χ0n) is 8.28. The lowest BCUT2D eigenvalue weighted by Crippen LogP contribution is -2.15. The molecule has 2 nitrogen and oxygen atoms in total. The Morgan fingerprint density at radius 2 is 2.13 bits per heavy atom.